The van der Waals surface area contributed by atoms with Crippen LogP contribution in [0.2, 0.25) is 0 Å². The summed E-state index contributed by atoms with van der Waals surface area (Å²) in [6.07, 6.45) is 5.85. The average molecular weight is 448 g/mol. The summed E-state index contributed by atoms with van der Waals surface area (Å²) in [4.78, 5) is 37.7. The van der Waals surface area contributed by atoms with Crippen LogP contribution in [0.3, 0.4) is 0 Å². The van der Waals surface area contributed by atoms with E-state index in [1.54, 1.807) is 13.3 Å². The summed E-state index contributed by atoms with van der Waals surface area (Å²) in [5.74, 6) is 5.69. The Balaban J connectivity index is 1.47. The molecule has 7 heteroatoms. The molecule has 1 unspecified atom stereocenters. The maximum Gasteiger partial charge on any atom is 0.325 e. The Bertz CT molecular complexity index is 1030. The van der Waals surface area contributed by atoms with Gasteiger partial charge in [0.15, 0.2) is 0 Å². The molecular weight excluding hydrogens is 414 g/mol. The molecule has 0 bridgehead atoms. The van der Waals surface area contributed by atoms with Gasteiger partial charge >= 0.3 is 6.03 Å². The highest BCUT2D eigenvalue weighted by atomic mass is 16.2. The third kappa shape index (κ3) is 4.96. The van der Waals surface area contributed by atoms with Gasteiger partial charge in [0.05, 0.1) is 18.6 Å². The van der Waals surface area contributed by atoms with Crippen LogP contribution in [-0.4, -0.2) is 56.9 Å². The summed E-state index contributed by atoms with van der Waals surface area (Å²) in [5.41, 5.74) is 2.58. The van der Waals surface area contributed by atoms with E-state index in [-0.39, 0.29) is 24.4 Å². The number of hydrogen-bond donors (Lipinski definition) is 2. The van der Waals surface area contributed by atoms with Gasteiger partial charge in [-0.3, -0.25) is 14.6 Å². The molecule has 2 N–H and O–H groups in total. The number of nitrogens with one attached hydrogen (secondary N) is 2. The summed E-state index contributed by atoms with van der Waals surface area (Å²) >= 11 is 0. The number of imidazole rings is 1. The number of nitrogens with zero attached hydrogens (tertiary/aromatic N) is 3. The largest absolute Gasteiger partial charge is 0.348 e. The second-order valence-corrected chi connectivity index (χ2v) is 9.08. The van der Waals surface area contributed by atoms with Crippen LogP contribution in [0.5, 0.6) is 0 Å². The Morgan fingerprint density at radius 2 is 1.94 bits per heavy atom. The highest BCUT2D eigenvalue weighted by Gasteiger charge is 2.55. The van der Waals surface area contributed by atoms with E-state index in [4.69, 9.17) is 0 Å². The highest BCUT2D eigenvalue weighted by Crippen LogP contribution is 2.37. The van der Waals surface area contributed by atoms with Gasteiger partial charge in [-0.2, -0.15) is 0 Å². The van der Waals surface area contributed by atoms with Gasteiger partial charge in [0.25, 0.3) is 5.91 Å². The molecule has 1 aromatic heterocycles. The minimum Gasteiger partial charge on any atom is -0.348 e. The van der Waals surface area contributed by atoms with E-state index >= 15 is 0 Å². The normalized spacial score (nSPS) is 21.7. The number of piperidine rings is 1. The minimum absolute atomic E-state index is 0.107. The number of aromatic nitrogens is 2. The van der Waals surface area contributed by atoms with E-state index in [0.29, 0.717) is 6.42 Å². The zero-order chi connectivity index (χ0) is 23.3. The zero-order valence-corrected chi connectivity index (χ0v) is 19.6. The number of hydrogen-bond acceptors (Lipinski definition) is 4. The number of aryl methyl sites for hydroxylation is 2. The van der Waals surface area contributed by atoms with Crippen molar-refractivity contribution in [3.8, 4) is 11.8 Å². The number of amides is 3. The molecule has 1 atom stereocenters. The van der Waals surface area contributed by atoms with Crippen LogP contribution in [0.25, 0.3) is 0 Å². The Hall–Kier alpha value is -3.11. The molecule has 2 aliphatic rings. The number of likely N-dealkylation sites (tertiary alicyclic amines) is 1. The van der Waals surface area contributed by atoms with E-state index in [9.17, 15) is 9.59 Å². The lowest BCUT2D eigenvalue weighted by molar-refractivity contribution is -0.134. The number of carbonyl (C=O) groups is 2. The first kappa shape index (κ1) is 23.1. The van der Waals surface area contributed by atoms with E-state index < -0.39 is 5.54 Å². The maximum absolute atomic E-state index is 13.6. The predicted molar refractivity (Wildman–Crippen MR) is 127 cm³/mol. The maximum atomic E-state index is 13.6. The Labute approximate surface area is 196 Å². The molecule has 3 heterocycles. The molecule has 0 radical (unpaired) electrons. The third-order valence-corrected chi connectivity index (χ3v) is 7.09. The van der Waals surface area contributed by atoms with Crippen LogP contribution in [0.1, 0.15) is 49.6 Å². The quantitative estimate of drug-likeness (QED) is 0.481. The fraction of sp³-hybridized carbons (Fsp3) is 0.500. The summed E-state index contributed by atoms with van der Waals surface area (Å²) in [5, 5.41) is 3.14. The van der Waals surface area contributed by atoms with E-state index in [1.165, 1.54) is 10.5 Å². The van der Waals surface area contributed by atoms with Gasteiger partial charge in [-0.05, 0) is 70.5 Å². The van der Waals surface area contributed by atoms with Crippen LogP contribution >= 0.6 is 0 Å². The smallest absolute Gasteiger partial charge is 0.325 e. The lowest BCUT2D eigenvalue weighted by Crippen LogP contribution is -2.56. The molecule has 0 saturated carbocycles. The van der Waals surface area contributed by atoms with Crippen LogP contribution in [0.15, 0.2) is 36.7 Å². The number of imide groups is 1. The fourth-order valence-corrected chi connectivity index (χ4v) is 5.16. The number of carbonyl (C=O) groups excluding carboxylic acids is 2. The van der Waals surface area contributed by atoms with Gasteiger partial charge in [-0.15, -0.1) is 5.92 Å². The summed E-state index contributed by atoms with van der Waals surface area (Å²) in [6.45, 7) is 6.49. The van der Waals surface area contributed by atoms with Gasteiger partial charge < -0.3 is 10.3 Å². The van der Waals surface area contributed by atoms with Crippen LogP contribution in [0, 0.1) is 24.7 Å². The van der Waals surface area contributed by atoms with Gasteiger partial charge in [0.2, 0.25) is 0 Å². The van der Waals surface area contributed by atoms with Crippen molar-refractivity contribution in [2.45, 2.75) is 58.0 Å². The predicted octanol–water partition coefficient (Wildman–Crippen LogP) is 3.27. The zero-order valence-electron chi connectivity index (χ0n) is 19.6. The van der Waals surface area contributed by atoms with Gasteiger partial charge in [-0.25, -0.2) is 9.78 Å². The summed E-state index contributed by atoms with van der Waals surface area (Å²) in [7, 11) is 0. The number of urea groups is 1. The van der Waals surface area contributed by atoms with Gasteiger partial charge in [0.1, 0.15) is 5.54 Å². The SMILES string of the molecule is CC#CCN1C(=O)NC(CCCc2ccccc2)(C2CCN(Cc3nc[nH]c3C)CC2)C1=O. The van der Waals surface area contributed by atoms with Crippen molar-refractivity contribution in [1.29, 1.82) is 0 Å². The standard InChI is InChI=1S/C26H33N5O2/c1-3-4-15-31-24(32)26(29-25(31)33,14-8-11-21-9-6-5-7-10-21)22-12-16-30(17-13-22)18-23-20(2)27-19-28-23/h5-7,9-10,19,22H,8,11-18H2,1-2H3,(H,27,28)(H,29,33). The molecule has 33 heavy (non-hydrogen) atoms. The van der Waals surface area contributed by atoms with Crippen LogP contribution < -0.4 is 5.32 Å². The lowest BCUT2D eigenvalue weighted by atomic mass is 9.74. The van der Waals surface area contributed by atoms with Crippen molar-refractivity contribution in [1.82, 2.24) is 25.1 Å². The molecule has 174 valence electrons. The van der Waals surface area contributed by atoms with Gasteiger partial charge in [-0.1, -0.05) is 36.3 Å². The second kappa shape index (κ2) is 10.2. The molecule has 2 fully saturated rings. The number of aromatic amines is 1. The molecule has 1 aromatic carbocycles. The van der Waals surface area contributed by atoms with Crippen molar-refractivity contribution in [3.63, 3.8) is 0 Å². The fourth-order valence-electron chi connectivity index (χ4n) is 5.16. The first-order valence-electron chi connectivity index (χ1n) is 11.8. The molecule has 2 aromatic rings. The summed E-state index contributed by atoms with van der Waals surface area (Å²) < 4.78 is 0. The Morgan fingerprint density at radius 1 is 1.18 bits per heavy atom. The number of benzene rings is 1. The molecule has 0 spiro atoms. The van der Waals surface area contributed by atoms with Crippen LogP contribution in [-0.2, 0) is 17.8 Å². The first-order chi connectivity index (χ1) is 16.0. The monoisotopic (exact) mass is 447 g/mol. The van der Waals surface area contributed by atoms with Crippen LogP contribution in [0.4, 0.5) is 4.79 Å². The van der Waals surface area contributed by atoms with Crippen molar-refractivity contribution < 1.29 is 9.59 Å². The van der Waals surface area contributed by atoms with E-state index in [2.05, 4.69) is 44.2 Å². The third-order valence-electron chi connectivity index (χ3n) is 7.09. The molecular formula is C26H33N5O2. The summed E-state index contributed by atoms with van der Waals surface area (Å²) in [6, 6.07) is 10.00. The molecule has 4 rings (SSSR count). The van der Waals surface area contributed by atoms with E-state index in [0.717, 1.165) is 56.7 Å². The van der Waals surface area contributed by atoms with E-state index in [1.807, 2.05) is 25.1 Å². The lowest BCUT2D eigenvalue weighted by Gasteiger charge is -2.41. The second-order valence-electron chi connectivity index (χ2n) is 9.08. The molecule has 2 aliphatic heterocycles. The van der Waals surface area contributed by atoms with Crippen molar-refractivity contribution in [2.24, 2.45) is 5.92 Å². The first-order valence-corrected chi connectivity index (χ1v) is 11.8. The minimum atomic E-state index is -0.838. The molecule has 3 amide bonds. The topological polar surface area (TPSA) is 81.3 Å². The van der Waals surface area contributed by atoms with Gasteiger partial charge in [0, 0.05) is 12.2 Å². The highest BCUT2D eigenvalue weighted by molar-refractivity contribution is 6.07. The Kier molecular flexibility index (Phi) is 7.14. The van der Waals surface area contributed by atoms with Crippen molar-refractivity contribution in [2.75, 3.05) is 19.6 Å². The van der Waals surface area contributed by atoms with Crippen molar-refractivity contribution >= 4 is 11.9 Å². The molecule has 0 aliphatic carbocycles. The average Bonchev–Trinajstić information content (AvgIpc) is 3.34. The number of rotatable bonds is 8. The van der Waals surface area contributed by atoms with Crippen molar-refractivity contribution in [3.05, 3.63) is 53.6 Å². The number of H-pyrrole nitrogens is 1. The Morgan fingerprint density at radius 3 is 2.61 bits per heavy atom. The molecule has 7 nitrogen and oxygen atoms in total. The molecule has 2 saturated heterocycles.